The lowest BCUT2D eigenvalue weighted by molar-refractivity contribution is -0.116. The highest BCUT2D eigenvalue weighted by Gasteiger charge is 2.28. The molecule has 0 saturated carbocycles. The normalized spacial score (nSPS) is 17.7. The number of aryl methyl sites for hydroxylation is 1. The van der Waals surface area contributed by atoms with Gasteiger partial charge in [0.2, 0.25) is 6.17 Å². The number of benzodiazepines with no additional fused rings is 1. The number of rotatable bonds is 5. The lowest BCUT2D eigenvalue weighted by atomic mass is 10.0. The van der Waals surface area contributed by atoms with Crippen LogP contribution in [-0.4, -0.2) is 58.7 Å². The maximum Gasteiger partial charge on any atom is 0.317 e. The smallest absolute Gasteiger partial charge is 0.317 e. The van der Waals surface area contributed by atoms with Crippen molar-refractivity contribution in [2.75, 3.05) is 41.8 Å². The number of anilines is 3. The van der Waals surface area contributed by atoms with Gasteiger partial charge in [-0.05, 0) is 24.5 Å². The molecule has 11 heteroatoms. The highest BCUT2D eigenvalue weighted by atomic mass is 32.1. The molecule has 4 aromatic rings. The van der Waals surface area contributed by atoms with Gasteiger partial charge in [0.25, 0.3) is 11.8 Å². The van der Waals surface area contributed by atoms with Crippen LogP contribution in [0.15, 0.2) is 64.0 Å². The lowest BCUT2D eigenvalue weighted by Gasteiger charge is -2.27. The Bertz CT molecular complexity index is 1430. The van der Waals surface area contributed by atoms with Gasteiger partial charge in [0, 0.05) is 24.2 Å². The molecular weight excluding hydrogens is 478 g/mol. The molecule has 1 atom stereocenters. The van der Waals surface area contributed by atoms with Crippen molar-refractivity contribution in [1.82, 2.24) is 14.6 Å². The number of para-hydroxylation sites is 1. The van der Waals surface area contributed by atoms with E-state index in [1.807, 2.05) is 61.5 Å². The summed E-state index contributed by atoms with van der Waals surface area (Å²) in [5.74, 6) is 0.0188. The fraction of sp³-hybridized carbons (Fsp3) is 0.240. The molecule has 1 fully saturated rings. The zero-order valence-corrected chi connectivity index (χ0v) is 20.3. The minimum atomic E-state index is -0.971. The number of aliphatic imine (C=N–C) groups is 1. The average molecular weight is 502 g/mol. The number of carbonyl (C=O) groups is 1. The van der Waals surface area contributed by atoms with Gasteiger partial charge in [0.05, 0.1) is 35.9 Å². The Morgan fingerprint density at radius 2 is 1.83 bits per heavy atom. The maximum absolute atomic E-state index is 13.1. The number of benzene rings is 2. The van der Waals surface area contributed by atoms with Gasteiger partial charge in [-0.3, -0.25) is 4.79 Å². The van der Waals surface area contributed by atoms with Crippen LogP contribution in [0.2, 0.25) is 0 Å². The predicted octanol–water partition coefficient (Wildman–Crippen LogP) is 3.57. The number of aromatic nitrogens is 3. The molecule has 4 heterocycles. The third-order valence-electron chi connectivity index (χ3n) is 6.04. The van der Waals surface area contributed by atoms with E-state index in [0.717, 1.165) is 40.5 Å². The SMILES string of the molecule is Cc1nsc(N2CCOCC2)c1-c1nnc(N[C@H]2N=C(c3ccccc3)c3ccccc3NC2=O)o1. The van der Waals surface area contributed by atoms with Crippen molar-refractivity contribution in [1.29, 1.82) is 0 Å². The third kappa shape index (κ3) is 4.23. The molecule has 2 aliphatic rings. The zero-order valence-electron chi connectivity index (χ0n) is 19.5. The van der Waals surface area contributed by atoms with Crippen LogP contribution in [0.1, 0.15) is 16.8 Å². The van der Waals surface area contributed by atoms with E-state index in [-0.39, 0.29) is 11.9 Å². The molecule has 0 unspecified atom stereocenters. The first kappa shape index (κ1) is 22.4. The number of amides is 1. The monoisotopic (exact) mass is 501 g/mol. The Balaban J connectivity index is 1.32. The zero-order chi connectivity index (χ0) is 24.5. The van der Waals surface area contributed by atoms with Gasteiger partial charge in [0.1, 0.15) is 5.00 Å². The number of hydrogen-bond donors (Lipinski definition) is 2. The van der Waals surface area contributed by atoms with Crippen molar-refractivity contribution in [3.8, 4) is 11.5 Å². The molecule has 0 bridgehead atoms. The van der Waals surface area contributed by atoms with E-state index in [4.69, 9.17) is 14.1 Å². The molecule has 2 aromatic heterocycles. The second-order valence-corrected chi connectivity index (χ2v) is 9.14. The summed E-state index contributed by atoms with van der Waals surface area (Å²) in [7, 11) is 0. The summed E-state index contributed by atoms with van der Waals surface area (Å²) >= 11 is 1.40. The van der Waals surface area contributed by atoms with E-state index in [0.29, 0.717) is 30.5 Å². The molecule has 2 N–H and O–H groups in total. The van der Waals surface area contributed by atoms with Crippen molar-refractivity contribution in [3.05, 3.63) is 71.4 Å². The maximum atomic E-state index is 13.1. The number of carbonyl (C=O) groups excluding carboxylic acids is 1. The summed E-state index contributed by atoms with van der Waals surface area (Å²) in [5, 5.41) is 15.4. The van der Waals surface area contributed by atoms with Crippen LogP contribution in [0.25, 0.3) is 11.5 Å². The van der Waals surface area contributed by atoms with Crippen LogP contribution in [0.3, 0.4) is 0 Å². The highest BCUT2D eigenvalue weighted by molar-refractivity contribution is 7.11. The molecule has 2 aliphatic heterocycles. The molecule has 0 aliphatic carbocycles. The van der Waals surface area contributed by atoms with E-state index in [1.165, 1.54) is 11.5 Å². The number of morpholine rings is 1. The Labute approximate surface area is 211 Å². The predicted molar refractivity (Wildman–Crippen MR) is 138 cm³/mol. The topological polar surface area (TPSA) is 118 Å². The van der Waals surface area contributed by atoms with E-state index in [9.17, 15) is 4.79 Å². The first-order chi connectivity index (χ1) is 17.7. The molecule has 0 spiro atoms. The molecule has 0 radical (unpaired) electrons. The van der Waals surface area contributed by atoms with Crippen LogP contribution < -0.4 is 15.5 Å². The van der Waals surface area contributed by atoms with Crippen molar-refractivity contribution in [2.24, 2.45) is 4.99 Å². The van der Waals surface area contributed by atoms with Crippen molar-refractivity contribution in [3.63, 3.8) is 0 Å². The highest BCUT2D eigenvalue weighted by Crippen LogP contribution is 2.37. The molecule has 6 rings (SSSR count). The van der Waals surface area contributed by atoms with Gasteiger partial charge in [-0.15, -0.1) is 5.10 Å². The molecular formula is C25H23N7O3S. The van der Waals surface area contributed by atoms with Gasteiger partial charge in [-0.1, -0.05) is 53.6 Å². The Kier molecular flexibility index (Phi) is 5.91. The number of fused-ring (bicyclic) bond motifs is 1. The number of hydrogen-bond acceptors (Lipinski definition) is 10. The van der Waals surface area contributed by atoms with Crippen molar-refractivity contribution < 1.29 is 13.9 Å². The first-order valence-corrected chi connectivity index (χ1v) is 12.4. The molecule has 2 aromatic carbocycles. The fourth-order valence-electron chi connectivity index (χ4n) is 4.27. The van der Waals surface area contributed by atoms with Crippen molar-refractivity contribution >= 4 is 39.9 Å². The second kappa shape index (κ2) is 9.51. The van der Waals surface area contributed by atoms with Crippen LogP contribution in [0.4, 0.5) is 16.7 Å². The molecule has 1 saturated heterocycles. The summed E-state index contributed by atoms with van der Waals surface area (Å²) in [4.78, 5) is 20.1. The molecule has 1 amide bonds. The van der Waals surface area contributed by atoms with Gasteiger partial charge >= 0.3 is 6.01 Å². The quantitative estimate of drug-likeness (QED) is 0.426. The van der Waals surface area contributed by atoms with Gasteiger partial charge in [-0.25, -0.2) is 4.99 Å². The molecule has 182 valence electrons. The van der Waals surface area contributed by atoms with E-state index in [1.54, 1.807) is 0 Å². The fourth-order valence-corrected chi connectivity index (χ4v) is 5.21. The summed E-state index contributed by atoms with van der Waals surface area (Å²) < 4.78 is 16.0. The summed E-state index contributed by atoms with van der Waals surface area (Å²) in [6.07, 6.45) is -0.971. The summed E-state index contributed by atoms with van der Waals surface area (Å²) in [6, 6.07) is 17.5. The lowest BCUT2D eigenvalue weighted by Crippen LogP contribution is -2.35. The van der Waals surface area contributed by atoms with Crippen LogP contribution in [0, 0.1) is 6.92 Å². The summed E-state index contributed by atoms with van der Waals surface area (Å²) in [6.45, 7) is 4.78. The van der Waals surface area contributed by atoms with E-state index in [2.05, 4.69) is 30.1 Å². The van der Waals surface area contributed by atoms with Gasteiger partial charge < -0.3 is 24.7 Å². The van der Waals surface area contributed by atoms with Gasteiger partial charge in [0.15, 0.2) is 0 Å². The Morgan fingerprint density at radius 1 is 1.06 bits per heavy atom. The minimum absolute atomic E-state index is 0.103. The number of nitrogens with one attached hydrogen (secondary N) is 2. The number of ether oxygens (including phenoxy) is 1. The first-order valence-electron chi connectivity index (χ1n) is 11.6. The largest absolute Gasteiger partial charge is 0.403 e. The Morgan fingerprint density at radius 3 is 2.67 bits per heavy atom. The van der Waals surface area contributed by atoms with Crippen molar-refractivity contribution in [2.45, 2.75) is 13.1 Å². The average Bonchev–Trinajstić information content (AvgIpc) is 3.50. The van der Waals surface area contributed by atoms with Crippen LogP contribution in [-0.2, 0) is 9.53 Å². The van der Waals surface area contributed by atoms with Crippen LogP contribution in [0.5, 0.6) is 0 Å². The van der Waals surface area contributed by atoms with E-state index >= 15 is 0 Å². The molecule has 36 heavy (non-hydrogen) atoms. The second-order valence-electron chi connectivity index (χ2n) is 8.39. The summed E-state index contributed by atoms with van der Waals surface area (Å²) in [5.41, 5.74) is 4.72. The third-order valence-corrected chi connectivity index (χ3v) is 7.04. The standard InChI is InChI=1S/C25H23N7O3S/c1-15-19(24(36-31-15)32-11-13-34-14-12-32)23-29-30-25(35-23)28-21-22(33)26-18-10-6-5-9-17(18)20(27-21)16-7-3-2-4-8-16/h2-10,21H,11-14H2,1H3,(H,26,33)(H,28,30)/t21-/m1/s1. The minimum Gasteiger partial charge on any atom is -0.403 e. The molecule has 10 nitrogen and oxygen atoms in total. The van der Waals surface area contributed by atoms with E-state index < -0.39 is 6.17 Å². The van der Waals surface area contributed by atoms with Gasteiger partial charge in [-0.2, -0.15) is 4.37 Å². The Hall–Kier alpha value is -4.09. The number of nitrogens with zero attached hydrogens (tertiary/aromatic N) is 5. The van der Waals surface area contributed by atoms with Crippen LogP contribution >= 0.6 is 11.5 Å².